The number of hydrogen-bond donors (Lipinski definition) is 1. The van der Waals surface area contributed by atoms with Crippen LogP contribution in [-0.4, -0.2) is 22.8 Å². The number of hydrogen-bond acceptors (Lipinski definition) is 4. The van der Waals surface area contributed by atoms with Crippen LogP contribution in [0, 0.1) is 16.0 Å². The van der Waals surface area contributed by atoms with Crippen LogP contribution in [0.4, 0.5) is 5.00 Å². The van der Waals surface area contributed by atoms with E-state index in [1.807, 2.05) is 13.8 Å². The third-order valence-corrected chi connectivity index (χ3v) is 3.97. The van der Waals surface area contributed by atoms with Crippen molar-refractivity contribution in [3.05, 3.63) is 27.1 Å². The SMILES string of the molecule is CC(CCl)C(C)NC(=O)c1ccc([N+](=O)[O-])s1. The van der Waals surface area contributed by atoms with Crippen LogP contribution in [0.15, 0.2) is 12.1 Å². The van der Waals surface area contributed by atoms with Crippen molar-refractivity contribution in [3.8, 4) is 0 Å². The van der Waals surface area contributed by atoms with Crippen molar-refractivity contribution in [2.75, 3.05) is 5.88 Å². The molecule has 0 aromatic carbocycles. The van der Waals surface area contributed by atoms with Gasteiger partial charge in [0.1, 0.15) is 0 Å². The molecule has 2 atom stereocenters. The van der Waals surface area contributed by atoms with Gasteiger partial charge in [-0.2, -0.15) is 0 Å². The topological polar surface area (TPSA) is 72.2 Å². The summed E-state index contributed by atoms with van der Waals surface area (Å²) in [7, 11) is 0. The Morgan fingerprint density at radius 3 is 2.71 bits per heavy atom. The quantitative estimate of drug-likeness (QED) is 0.510. The van der Waals surface area contributed by atoms with Crippen molar-refractivity contribution in [2.24, 2.45) is 5.92 Å². The molecule has 1 aromatic rings. The Kier molecular flexibility index (Phi) is 4.89. The zero-order valence-corrected chi connectivity index (χ0v) is 11.0. The number of alkyl halides is 1. The number of carbonyl (C=O) groups excluding carboxylic acids is 1. The minimum absolute atomic E-state index is 0.0341. The van der Waals surface area contributed by atoms with Gasteiger partial charge < -0.3 is 5.32 Å². The van der Waals surface area contributed by atoms with Gasteiger partial charge >= 0.3 is 5.00 Å². The third kappa shape index (κ3) is 3.67. The van der Waals surface area contributed by atoms with Gasteiger partial charge in [0.2, 0.25) is 0 Å². The van der Waals surface area contributed by atoms with E-state index in [2.05, 4.69) is 5.32 Å². The third-order valence-electron chi connectivity index (χ3n) is 2.45. The molecule has 1 amide bonds. The second-order valence-electron chi connectivity index (χ2n) is 3.79. The Morgan fingerprint density at radius 2 is 2.24 bits per heavy atom. The van der Waals surface area contributed by atoms with E-state index in [1.54, 1.807) is 0 Å². The largest absolute Gasteiger partial charge is 0.349 e. The van der Waals surface area contributed by atoms with Crippen molar-refractivity contribution in [1.82, 2.24) is 5.32 Å². The van der Waals surface area contributed by atoms with Gasteiger partial charge in [0, 0.05) is 18.0 Å². The first kappa shape index (κ1) is 13.9. The summed E-state index contributed by atoms with van der Waals surface area (Å²) in [5.74, 6) is 0.301. The molecule has 0 fully saturated rings. The molecule has 0 bridgehead atoms. The number of nitro groups is 1. The average Bonchev–Trinajstić information content (AvgIpc) is 2.77. The number of carbonyl (C=O) groups is 1. The first-order valence-electron chi connectivity index (χ1n) is 5.06. The molecule has 17 heavy (non-hydrogen) atoms. The van der Waals surface area contributed by atoms with Gasteiger partial charge in [0.15, 0.2) is 0 Å². The summed E-state index contributed by atoms with van der Waals surface area (Å²) in [6.07, 6.45) is 0. The molecule has 2 unspecified atom stereocenters. The molecule has 1 heterocycles. The van der Waals surface area contributed by atoms with Gasteiger partial charge in [-0.1, -0.05) is 18.3 Å². The lowest BCUT2D eigenvalue weighted by molar-refractivity contribution is -0.380. The number of nitrogens with zero attached hydrogens (tertiary/aromatic N) is 1. The molecule has 1 aromatic heterocycles. The standard InChI is InChI=1S/C10H13ClN2O3S/c1-6(5-11)7(2)12-10(14)8-3-4-9(17-8)13(15)16/h3-4,6-7H,5H2,1-2H3,(H,12,14). The van der Waals surface area contributed by atoms with Crippen LogP contribution >= 0.6 is 22.9 Å². The molecule has 0 aliphatic heterocycles. The zero-order chi connectivity index (χ0) is 13.0. The van der Waals surface area contributed by atoms with Gasteiger partial charge in [0.25, 0.3) is 5.91 Å². The maximum Gasteiger partial charge on any atom is 0.324 e. The van der Waals surface area contributed by atoms with Crippen molar-refractivity contribution >= 4 is 33.8 Å². The first-order valence-corrected chi connectivity index (χ1v) is 6.42. The summed E-state index contributed by atoms with van der Waals surface area (Å²) >= 11 is 6.55. The normalized spacial score (nSPS) is 14.1. The van der Waals surface area contributed by atoms with Gasteiger partial charge in [-0.05, 0) is 18.9 Å². The first-order chi connectivity index (χ1) is 7.95. The van der Waals surface area contributed by atoms with E-state index in [9.17, 15) is 14.9 Å². The molecule has 0 aliphatic carbocycles. The molecule has 0 spiro atoms. The lowest BCUT2D eigenvalue weighted by atomic mass is 10.1. The van der Waals surface area contributed by atoms with E-state index in [4.69, 9.17) is 11.6 Å². The van der Waals surface area contributed by atoms with Crippen LogP contribution < -0.4 is 5.32 Å². The van der Waals surface area contributed by atoms with Crippen LogP contribution in [0.2, 0.25) is 0 Å². The molecule has 0 radical (unpaired) electrons. The summed E-state index contributed by atoms with van der Waals surface area (Å²) in [6.45, 7) is 3.78. The van der Waals surface area contributed by atoms with E-state index in [0.717, 1.165) is 11.3 Å². The minimum atomic E-state index is -0.508. The maximum absolute atomic E-state index is 11.7. The Morgan fingerprint density at radius 1 is 1.59 bits per heavy atom. The number of nitrogens with one attached hydrogen (secondary N) is 1. The molecule has 7 heteroatoms. The van der Waals surface area contributed by atoms with E-state index in [0.29, 0.717) is 10.8 Å². The highest BCUT2D eigenvalue weighted by atomic mass is 35.5. The fourth-order valence-electron chi connectivity index (χ4n) is 1.10. The molecule has 5 nitrogen and oxygen atoms in total. The van der Waals surface area contributed by atoms with Crippen molar-refractivity contribution in [1.29, 1.82) is 0 Å². The van der Waals surface area contributed by atoms with Crippen LogP contribution in [0.1, 0.15) is 23.5 Å². The second kappa shape index (κ2) is 5.97. The highest BCUT2D eigenvalue weighted by Crippen LogP contribution is 2.23. The van der Waals surface area contributed by atoms with Crippen molar-refractivity contribution in [2.45, 2.75) is 19.9 Å². The summed E-state index contributed by atoms with van der Waals surface area (Å²) in [5, 5.41) is 13.2. The number of halogens is 1. The van der Waals surface area contributed by atoms with Gasteiger partial charge in [0.05, 0.1) is 9.80 Å². The number of rotatable bonds is 5. The monoisotopic (exact) mass is 276 g/mol. The van der Waals surface area contributed by atoms with Gasteiger partial charge in [-0.25, -0.2) is 0 Å². The van der Waals surface area contributed by atoms with E-state index < -0.39 is 4.92 Å². The van der Waals surface area contributed by atoms with E-state index in [-0.39, 0.29) is 22.9 Å². The molecule has 0 saturated heterocycles. The molecular weight excluding hydrogens is 264 g/mol. The predicted octanol–water partition coefficient (Wildman–Crippen LogP) is 2.65. The Balaban J connectivity index is 2.66. The maximum atomic E-state index is 11.7. The Bertz CT molecular complexity index is 421. The zero-order valence-electron chi connectivity index (χ0n) is 9.47. The number of thiophene rings is 1. The van der Waals surface area contributed by atoms with E-state index >= 15 is 0 Å². The lowest BCUT2D eigenvalue weighted by Crippen LogP contribution is -2.37. The lowest BCUT2D eigenvalue weighted by Gasteiger charge is -2.18. The fraction of sp³-hybridized carbons (Fsp3) is 0.500. The summed E-state index contributed by atoms with van der Waals surface area (Å²) < 4.78 is 0. The molecule has 1 rings (SSSR count). The van der Waals surface area contributed by atoms with Crippen molar-refractivity contribution < 1.29 is 9.72 Å². The molecule has 94 valence electrons. The van der Waals surface area contributed by atoms with Crippen molar-refractivity contribution in [3.63, 3.8) is 0 Å². The Labute approximate surface area is 108 Å². The predicted molar refractivity (Wildman–Crippen MR) is 67.8 cm³/mol. The van der Waals surface area contributed by atoms with Crippen LogP contribution in [0.25, 0.3) is 0 Å². The molecular formula is C10H13ClN2O3S. The highest BCUT2D eigenvalue weighted by molar-refractivity contribution is 7.17. The van der Waals surface area contributed by atoms with Gasteiger partial charge in [-0.3, -0.25) is 14.9 Å². The fourth-order valence-corrected chi connectivity index (χ4v) is 2.09. The minimum Gasteiger partial charge on any atom is -0.349 e. The second-order valence-corrected chi connectivity index (χ2v) is 5.16. The summed E-state index contributed by atoms with van der Waals surface area (Å²) in [6, 6.07) is 2.71. The number of amides is 1. The highest BCUT2D eigenvalue weighted by Gasteiger charge is 2.18. The van der Waals surface area contributed by atoms with Crippen LogP contribution in [-0.2, 0) is 0 Å². The van der Waals surface area contributed by atoms with Crippen LogP contribution in [0.5, 0.6) is 0 Å². The molecule has 0 aliphatic rings. The van der Waals surface area contributed by atoms with Gasteiger partial charge in [-0.15, -0.1) is 11.6 Å². The van der Waals surface area contributed by atoms with Crippen LogP contribution in [0.3, 0.4) is 0 Å². The summed E-state index contributed by atoms with van der Waals surface area (Å²) in [5.41, 5.74) is 0. The average molecular weight is 277 g/mol. The molecule has 0 saturated carbocycles. The smallest absolute Gasteiger partial charge is 0.324 e. The molecule has 1 N–H and O–H groups in total. The summed E-state index contributed by atoms with van der Waals surface area (Å²) in [4.78, 5) is 22.1. The Hall–Kier alpha value is -1.14. The van der Waals surface area contributed by atoms with E-state index in [1.165, 1.54) is 12.1 Å².